The lowest BCUT2D eigenvalue weighted by Gasteiger charge is -1.96. The summed E-state index contributed by atoms with van der Waals surface area (Å²) in [5.74, 6) is -1.08. The van der Waals surface area contributed by atoms with Crippen LogP contribution in [-0.2, 0) is 9.59 Å². The third kappa shape index (κ3) is 4.60. The van der Waals surface area contributed by atoms with Crippen molar-refractivity contribution in [3.05, 3.63) is 35.3 Å². The smallest absolute Gasteiger partial charge is 0.337 e. The van der Waals surface area contributed by atoms with Crippen LogP contribution in [0.15, 0.2) is 35.3 Å². The van der Waals surface area contributed by atoms with Gasteiger partial charge in [-0.3, -0.25) is 4.79 Å². The summed E-state index contributed by atoms with van der Waals surface area (Å²) in [6.07, 6.45) is 5.56. The number of carbonyl (C=O) groups excluding carboxylic acids is 2. The molecule has 0 saturated heterocycles. The second-order valence-electron chi connectivity index (χ2n) is 3.10. The number of thiazole rings is 2. The number of rotatable bonds is 5. The molecule has 2 aromatic heterocycles. The Hall–Kier alpha value is -2.06. The molecule has 0 N–H and O–H groups in total. The molecule has 2 heterocycles. The van der Waals surface area contributed by atoms with E-state index in [9.17, 15) is 9.59 Å². The molecular formula is C11H8N2O4S2. The maximum atomic E-state index is 11.3. The van der Waals surface area contributed by atoms with Gasteiger partial charge in [0.2, 0.25) is 0 Å². The molecule has 0 amide bonds. The molecule has 0 fully saturated rings. The van der Waals surface area contributed by atoms with E-state index in [-0.39, 0.29) is 16.8 Å². The number of hydrogen-bond acceptors (Lipinski definition) is 8. The topological polar surface area (TPSA) is 78.4 Å². The van der Waals surface area contributed by atoms with Crippen LogP contribution < -0.4 is 9.47 Å². The molecule has 0 aliphatic carbocycles. The summed E-state index contributed by atoms with van der Waals surface area (Å²) < 4.78 is 9.76. The molecule has 0 atom stereocenters. The van der Waals surface area contributed by atoms with E-state index in [4.69, 9.17) is 9.47 Å². The van der Waals surface area contributed by atoms with Crippen LogP contribution in [0.2, 0.25) is 0 Å². The van der Waals surface area contributed by atoms with Gasteiger partial charge in [-0.2, -0.15) is 0 Å². The second-order valence-corrected chi connectivity index (χ2v) is 4.81. The highest BCUT2D eigenvalue weighted by molar-refractivity contribution is 7.11. The normalized spacial score (nSPS) is 10.5. The van der Waals surface area contributed by atoms with Crippen molar-refractivity contribution >= 4 is 34.6 Å². The minimum Gasteiger partial charge on any atom is -0.398 e. The highest BCUT2D eigenvalue weighted by atomic mass is 32.1. The fraction of sp³-hybridized carbons (Fsp3) is 0.0909. The summed E-state index contributed by atoms with van der Waals surface area (Å²) in [4.78, 5) is 30.2. The van der Waals surface area contributed by atoms with Crippen molar-refractivity contribution in [1.82, 2.24) is 9.97 Å². The molecule has 19 heavy (non-hydrogen) atoms. The zero-order valence-electron chi connectivity index (χ0n) is 9.52. The van der Waals surface area contributed by atoms with E-state index in [1.165, 1.54) is 41.1 Å². The van der Waals surface area contributed by atoms with Gasteiger partial charge in [0.05, 0.1) is 6.42 Å². The Morgan fingerprint density at radius 1 is 1.11 bits per heavy atom. The Morgan fingerprint density at radius 2 is 1.74 bits per heavy atom. The highest BCUT2D eigenvalue weighted by Crippen LogP contribution is 2.15. The first kappa shape index (κ1) is 13.4. The summed E-state index contributed by atoms with van der Waals surface area (Å²) in [6.45, 7) is 0. The van der Waals surface area contributed by atoms with Crippen LogP contribution in [0.5, 0.6) is 10.4 Å². The third-order valence-corrected chi connectivity index (χ3v) is 3.04. The van der Waals surface area contributed by atoms with Crippen LogP contribution in [0.25, 0.3) is 0 Å². The van der Waals surface area contributed by atoms with Gasteiger partial charge in [0, 0.05) is 29.2 Å². The number of ether oxygens (including phenoxy) is 2. The van der Waals surface area contributed by atoms with Gasteiger partial charge in [0.15, 0.2) is 0 Å². The summed E-state index contributed by atoms with van der Waals surface area (Å²) in [5, 5.41) is 3.94. The fourth-order valence-corrected chi connectivity index (χ4v) is 2.02. The van der Waals surface area contributed by atoms with Crippen LogP contribution >= 0.6 is 22.7 Å². The summed E-state index contributed by atoms with van der Waals surface area (Å²) >= 11 is 2.42. The van der Waals surface area contributed by atoms with Gasteiger partial charge < -0.3 is 9.47 Å². The third-order valence-electron chi connectivity index (χ3n) is 1.75. The van der Waals surface area contributed by atoms with Crippen molar-refractivity contribution in [2.45, 2.75) is 6.42 Å². The van der Waals surface area contributed by atoms with Crippen LogP contribution in [-0.4, -0.2) is 21.9 Å². The van der Waals surface area contributed by atoms with Gasteiger partial charge in [0.25, 0.3) is 10.4 Å². The maximum Gasteiger partial charge on any atom is 0.337 e. The molecule has 0 spiro atoms. The Kier molecular flexibility index (Phi) is 4.76. The van der Waals surface area contributed by atoms with Crippen molar-refractivity contribution < 1.29 is 19.1 Å². The monoisotopic (exact) mass is 296 g/mol. The quantitative estimate of drug-likeness (QED) is 0.620. The molecule has 2 rings (SSSR count). The molecule has 6 nitrogen and oxygen atoms in total. The van der Waals surface area contributed by atoms with E-state index in [1.807, 2.05) is 0 Å². The van der Waals surface area contributed by atoms with E-state index in [2.05, 4.69) is 9.97 Å². The molecule has 0 aliphatic rings. The predicted molar refractivity (Wildman–Crippen MR) is 69.3 cm³/mol. The lowest BCUT2D eigenvalue weighted by Crippen LogP contribution is -2.07. The molecule has 0 radical (unpaired) electrons. The Bertz CT molecular complexity index is 564. The number of hydrogen-bond donors (Lipinski definition) is 0. The minimum absolute atomic E-state index is 0.0352. The number of nitrogens with zero attached hydrogens (tertiary/aromatic N) is 2. The van der Waals surface area contributed by atoms with Crippen LogP contribution in [0, 0.1) is 0 Å². The van der Waals surface area contributed by atoms with Crippen molar-refractivity contribution in [1.29, 1.82) is 0 Å². The van der Waals surface area contributed by atoms with Crippen LogP contribution in [0.1, 0.15) is 6.42 Å². The molecule has 0 unspecified atom stereocenters. The van der Waals surface area contributed by atoms with Gasteiger partial charge in [-0.15, -0.1) is 0 Å². The molecule has 8 heteroatoms. The zero-order valence-corrected chi connectivity index (χ0v) is 11.1. The molecule has 0 bridgehead atoms. The number of carbonyl (C=O) groups is 2. The molecule has 0 aliphatic heterocycles. The Morgan fingerprint density at radius 3 is 2.32 bits per heavy atom. The van der Waals surface area contributed by atoms with Crippen molar-refractivity contribution in [3.8, 4) is 10.4 Å². The van der Waals surface area contributed by atoms with E-state index in [0.29, 0.717) is 0 Å². The summed E-state index contributed by atoms with van der Waals surface area (Å²) in [7, 11) is 0. The lowest BCUT2D eigenvalue weighted by atomic mass is 10.4. The van der Waals surface area contributed by atoms with Crippen LogP contribution in [0.3, 0.4) is 0 Å². The average molecular weight is 296 g/mol. The van der Waals surface area contributed by atoms with E-state index >= 15 is 0 Å². The average Bonchev–Trinajstić information content (AvgIpc) is 3.02. The Labute approximate surface area is 116 Å². The first-order valence-corrected chi connectivity index (χ1v) is 6.88. The van der Waals surface area contributed by atoms with Crippen molar-refractivity contribution in [2.75, 3.05) is 0 Å². The molecule has 0 aromatic carbocycles. The largest absolute Gasteiger partial charge is 0.398 e. The zero-order chi connectivity index (χ0) is 13.5. The maximum absolute atomic E-state index is 11.3. The van der Waals surface area contributed by atoms with Crippen LogP contribution in [0.4, 0.5) is 0 Å². The van der Waals surface area contributed by atoms with Gasteiger partial charge in [0.1, 0.15) is 0 Å². The molecule has 2 aromatic rings. The van der Waals surface area contributed by atoms with E-state index in [1.54, 1.807) is 10.8 Å². The SMILES string of the molecule is O=C(/C=C/CC(=O)Oc1nccs1)Oc1nccs1. The Balaban J connectivity index is 1.73. The van der Waals surface area contributed by atoms with Gasteiger partial charge in [-0.25, -0.2) is 14.8 Å². The predicted octanol–water partition coefficient (Wildman–Crippen LogP) is 2.06. The van der Waals surface area contributed by atoms with E-state index in [0.717, 1.165) is 6.08 Å². The first-order valence-electron chi connectivity index (χ1n) is 5.12. The number of aromatic nitrogens is 2. The summed E-state index contributed by atoms with van der Waals surface area (Å²) in [5.41, 5.74) is 0. The number of esters is 2. The van der Waals surface area contributed by atoms with Crippen molar-refractivity contribution in [3.63, 3.8) is 0 Å². The molecule has 0 saturated carbocycles. The fourth-order valence-electron chi connectivity index (χ4n) is 1.03. The molecule has 98 valence electrons. The van der Waals surface area contributed by atoms with Gasteiger partial charge in [-0.05, 0) is 0 Å². The lowest BCUT2D eigenvalue weighted by molar-refractivity contribution is -0.133. The van der Waals surface area contributed by atoms with Crippen molar-refractivity contribution in [2.24, 2.45) is 0 Å². The van der Waals surface area contributed by atoms with Gasteiger partial charge in [-0.1, -0.05) is 28.7 Å². The van der Waals surface area contributed by atoms with E-state index < -0.39 is 11.9 Å². The highest BCUT2D eigenvalue weighted by Gasteiger charge is 2.06. The second kappa shape index (κ2) is 6.76. The standard InChI is InChI=1S/C11H8N2O4S2/c14-8(16-10-12-4-6-18-10)2-1-3-9(15)17-11-13-5-7-19-11/h1-2,4-7H,3H2/b2-1+. The van der Waals surface area contributed by atoms with Gasteiger partial charge >= 0.3 is 11.9 Å². The first-order chi connectivity index (χ1) is 9.24. The summed E-state index contributed by atoms with van der Waals surface area (Å²) in [6, 6.07) is 0. The molecular weight excluding hydrogens is 288 g/mol. The minimum atomic E-state index is -0.586.